The van der Waals surface area contributed by atoms with Crippen molar-refractivity contribution in [1.29, 1.82) is 0 Å². The van der Waals surface area contributed by atoms with E-state index in [-0.39, 0.29) is 11.2 Å². The number of nitrogens with zero attached hydrogens (tertiary/aromatic N) is 5. The fourth-order valence-corrected chi connectivity index (χ4v) is 3.21. The van der Waals surface area contributed by atoms with Crippen LogP contribution in [0.2, 0.25) is 0 Å². The van der Waals surface area contributed by atoms with Crippen LogP contribution >= 0.6 is 0 Å². The highest BCUT2D eigenvalue weighted by atomic mass is 16.2. The van der Waals surface area contributed by atoms with Crippen molar-refractivity contribution in [2.24, 2.45) is 14.1 Å². The SMILES string of the molecule is Cn1cc(-c2cc3c(N)ncnc3n2Cc2ccccc2)c(=O)n(C)c1=O. The van der Waals surface area contributed by atoms with E-state index in [2.05, 4.69) is 9.97 Å². The molecule has 0 aliphatic heterocycles. The van der Waals surface area contributed by atoms with Gasteiger partial charge < -0.3 is 14.9 Å². The first-order chi connectivity index (χ1) is 13.0. The molecular formula is C19H18N6O2. The molecule has 4 aromatic rings. The second-order valence-electron chi connectivity index (χ2n) is 6.40. The molecule has 0 atom stereocenters. The minimum Gasteiger partial charge on any atom is -0.383 e. The summed E-state index contributed by atoms with van der Waals surface area (Å²) in [4.78, 5) is 33.2. The van der Waals surface area contributed by atoms with Crippen molar-refractivity contribution < 1.29 is 0 Å². The van der Waals surface area contributed by atoms with Gasteiger partial charge in [0.25, 0.3) is 5.56 Å². The summed E-state index contributed by atoms with van der Waals surface area (Å²) < 4.78 is 4.40. The predicted molar refractivity (Wildman–Crippen MR) is 103 cm³/mol. The molecule has 0 spiro atoms. The van der Waals surface area contributed by atoms with Crippen LogP contribution in [0, 0.1) is 0 Å². The molecule has 0 amide bonds. The van der Waals surface area contributed by atoms with Crippen molar-refractivity contribution in [2.45, 2.75) is 6.54 Å². The summed E-state index contributed by atoms with van der Waals surface area (Å²) in [5.41, 5.74) is 7.99. The molecule has 27 heavy (non-hydrogen) atoms. The average molecular weight is 362 g/mol. The second-order valence-corrected chi connectivity index (χ2v) is 6.40. The number of nitrogen functional groups attached to an aromatic ring is 1. The molecule has 0 unspecified atom stereocenters. The zero-order chi connectivity index (χ0) is 19.1. The van der Waals surface area contributed by atoms with E-state index >= 15 is 0 Å². The number of fused-ring (bicyclic) bond motifs is 1. The smallest absolute Gasteiger partial charge is 0.330 e. The Morgan fingerprint density at radius 1 is 1.07 bits per heavy atom. The lowest BCUT2D eigenvalue weighted by molar-refractivity contribution is 0.685. The van der Waals surface area contributed by atoms with Crippen LogP contribution in [0.4, 0.5) is 5.82 Å². The Balaban J connectivity index is 2.04. The van der Waals surface area contributed by atoms with E-state index in [1.807, 2.05) is 34.9 Å². The van der Waals surface area contributed by atoms with Crippen molar-refractivity contribution in [2.75, 3.05) is 5.73 Å². The van der Waals surface area contributed by atoms with Gasteiger partial charge in [-0.2, -0.15) is 0 Å². The zero-order valence-corrected chi connectivity index (χ0v) is 15.0. The second kappa shape index (κ2) is 6.24. The van der Waals surface area contributed by atoms with E-state index in [0.717, 1.165) is 10.1 Å². The summed E-state index contributed by atoms with van der Waals surface area (Å²) in [5, 5.41) is 0.666. The Morgan fingerprint density at radius 3 is 2.56 bits per heavy atom. The third kappa shape index (κ3) is 2.71. The summed E-state index contributed by atoms with van der Waals surface area (Å²) in [6.07, 6.45) is 2.95. The van der Waals surface area contributed by atoms with Crippen molar-refractivity contribution in [1.82, 2.24) is 23.7 Å². The van der Waals surface area contributed by atoms with E-state index in [4.69, 9.17) is 5.73 Å². The normalized spacial score (nSPS) is 11.2. The summed E-state index contributed by atoms with van der Waals surface area (Å²) in [5.74, 6) is 0.342. The van der Waals surface area contributed by atoms with Gasteiger partial charge >= 0.3 is 5.69 Å². The van der Waals surface area contributed by atoms with Gasteiger partial charge in [-0.1, -0.05) is 30.3 Å². The quantitative estimate of drug-likeness (QED) is 0.589. The van der Waals surface area contributed by atoms with Gasteiger partial charge in [0, 0.05) is 26.8 Å². The Morgan fingerprint density at radius 2 is 1.81 bits per heavy atom. The van der Waals surface area contributed by atoms with E-state index in [0.29, 0.717) is 34.7 Å². The molecule has 4 rings (SSSR count). The lowest BCUT2D eigenvalue weighted by Crippen LogP contribution is -2.37. The zero-order valence-electron chi connectivity index (χ0n) is 15.0. The van der Waals surface area contributed by atoms with Crippen molar-refractivity contribution >= 4 is 16.9 Å². The molecule has 3 heterocycles. The van der Waals surface area contributed by atoms with E-state index < -0.39 is 0 Å². The van der Waals surface area contributed by atoms with Crippen LogP contribution in [0.5, 0.6) is 0 Å². The highest BCUT2D eigenvalue weighted by Gasteiger charge is 2.18. The van der Waals surface area contributed by atoms with Crippen LogP contribution in [0.1, 0.15) is 5.56 Å². The Hall–Kier alpha value is -3.68. The Labute approximate surface area is 154 Å². The lowest BCUT2D eigenvalue weighted by atomic mass is 10.2. The molecule has 3 aromatic heterocycles. The molecule has 136 valence electrons. The maximum atomic E-state index is 12.8. The number of nitrogens with two attached hydrogens (primary N) is 1. The van der Waals surface area contributed by atoms with Gasteiger partial charge in [0.05, 0.1) is 16.6 Å². The number of benzene rings is 1. The molecular weight excluding hydrogens is 344 g/mol. The minimum absolute atomic E-state index is 0.342. The third-order valence-electron chi connectivity index (χ3n) is 4.63. The lowest BCUT2D eigenvalue weighted by Gasteiger charge is -2.12. The molecule has 0 bridgehead atoms. The van der Waals surface area contributed by atoms with Crippen LogP contribution in [0.25, 0.3) is 22.3 Å². The molecule has 1 aromatic carbocycles. The minimum atomic E-state index is -0.381. The number of hydrogen-bond acceptors (Lipinski definition) is 5. The molecule has 0 aliphatic rings. The van der Waals surface area contributed by atoms with Crippen LogP contribution < -0.4 is 17.0 Å². The first kappa shape index (κ1) is 16.8. The standard InChI is InChI=1S/C19H18N6O2/c1-23-10-14(18(26)24(2)19(23)27)15-8-13-16(20)21-11-22-17(13)25(15)9-12-6-4-3-5-7-12/h3-8,10-11H,9H2,1-2H3,(H2,20,21,22). The average Bonchev–Trinajstić information content (AvgIpc) is 3.03. The fourth-order valence-electron chi connectivity index (χ4n) is 3.21. The topological polar surface area (TPSA) is 101 Å². The maximum absolute atomic E-state index is 12.8. The van der Waals surface area contributed by atoms with Gasteiger partial charge in [-0.25, -0.2) is 14.8 Å². The number of rotatable bonds is 3. The summed E-state index contributed by atoms with van der Waals surface area (Å²) in [7, 11) is 3.08. The Kier molecular flexibility index (Phi) is 3.88. The number of hydrogen-bond donors (Lipinski definition) is 1. The van der Waals surface area contributed by atoms with E-state index in [1.54, 1.807) is 19.3 Å². The largest absolute Gasteiger partial charge is 0.383 e. The van der Waals surface area contributed by atoms with E-state index in [1.165, 1.54) is 17.9 Å². The number of aryl methyl sites for hydroxylation is 1. The van der Waals surface area contributed by atoms with Gasteiger partial charge in [-0.05, 0) is 11.6 Å². The van der Waals surface area contributed by atoms with Crippen molar-refractivity contribution in [3.8, 4) is 11.3 Å². The van der Waals surface area contributed by atoms with Crippen molar-refractivity contribution in [3.05, 3.63) is 75.3 Å². The maximum Gasteiger partial charge on any atom is 0.330 e. The molecule has 0 radical (unpaired) electrons. The van der Waals surface area contributed by atoms with E-state index in [9.17, 15) is 9.59 Å². The summed E-state index contributed by atoms with van der Waals surface area (Å²) in [6.45, 7) is 0.502. The Bertz CT molecular complexity index is 1270. The molecule has 0 saturated carbocycles. The van der Waals surface area contributed by atoms with Gasteiger partial charge in [0.2, 0.25) is 0 Å². The van der Waals surface area contributed by atoms with Crippen LogP contribution in [-0.4, -0.2) is 23.7 Å². The van der Waals surface area contributed by atoms with Crippen LogP contribution in [0.15, 0.2) is 58.5 Å². The first-order valence-electron chi connectivity index (χ1n) is 8.38. The first-order valence-corrected chi connectivity index (χ1v) is 8.38. The van der Waals surface area contributed by atoms with Crippen LogP contribution in [0.3, 0.4) is 0 Å². The molecule has 0 fully saturated rings. The van der Waals surface area contributed by atoms with Crippen LogP contribution in [-0.2, 0) is 20.6 Å². The molecule has 0 saturated heterocycles. The van der Waals surface area contributed by atoms with Crippen molar-refractivity contribution in [3.63, 3.8) is 0 Å². The monoisotopic (exact) mass is 362 g/mol. The third-order valence-corrected chi connectivity index (χ3v) is 4.63. The molecule has 8 nitrogen and oxygen atoms in total. The highest BCUT2D eigenvalue weighted by Crippen LogP contribution is 2.28. The number of aromatic nitrogens is 5. The predicted octanol–water partition coefficient (Wildman–Crippen LogP) is 1.13. The summed E-state index contributed by atoms with van der Waals surface area (Å²) in [6, 6.07) is 11.7. The van der Waals surface area contributed by atoms with Gasteiger partial charge in [-0.15, -0.1) is 0 Å². The number of anilines is 1. The molecule has 8 heteroatoms. The fraction of sp³-hybridized carbons (Fsp3) is 0.158. The molecule has 2 N–H and O–H groups in total. The van der Waals surface area contributed by atoms with Gasteiger partial charge in [0.15, 0.2) is 0 Å². The van der Waals surface area contributed by atoms with Gasteiger partial charge in [-0.3, -0.25) is 9.36 Å². The molecule has 0 aliphatic carbocycles. The van der Waals surface area contributed by atoms with Gasteiger partial charge in [0.1, 0.15) is 17.8 Å². The summed E-state index contributed by atoms with van der Waals surface area (Å²) >= 11 is 0. The highest BCUT2D eigenvalue weighted by molar-refractivity contribution is 5.91.